The number of carbonyl (C=O) groups is 2. The minimum Gasteiger partial charge on any atom is -0.469 e. The molecule has 0 amide bonds. The van der Waals surface area contributed by atoms with Gasteiger partial charge in [-0.1, -0.05) is 30.3 Å². The first-order chi connectivity index (χ1) is 24.9. The predicted octanol–water partition coefficient (Wildman–Crippen LogP) is 7.16. The molecule has 3 rings (SSSR count). The summed E-state index contributed by atoms with van der Waals surface area (Å²) in [5, 5.41) is 18.5. The first-order valence-electron chi connectivity index (χ1n) is 16.6. The molecule has 0 atom stereocenters. The van der Waals surface area contributed by atoms with E-state index in [0.717, 1.165) is 11.3 Å². The molecule has 1 aromatic heterocycles. The summed E-state index contributed by atoms with van der Waals surface area (Å²) in [6.07, 6.45) is 0.747. The molecule has 0 aliphatic carbocycles. The number of methoxy groups -OCH3 is 1. The van der Waals surface area contributed by atoms with Crippen molar-refractivity contribution in [3.63, 3.8) is 0 Å². The standard InChI is InChI=1S/C37H45N5O8S/c1-28-25-31(13-14-32(28)40-41-37-36(39-3)29(2)33(26-38)51-37)42(27-30-9-6-5-7-10-30)15-16-46-17-18-47-19-20-48-21-22-49-23-24-50-35(44)12-8-11-34(43)45-4/h5-7,9-10,13-14,25H,8,11-12,15-24,27H2,1-2,4H3. The SMILES string of the molecule is [C-]#[N+]c1c(N=Nc2ccc(N(CCOCCOCCOCCOCCOC(=O)CCCC(=O)OC)Cc3ccccc3)cc2C)sc(C#N)c1C. The molecule has 0 saturated carbocycles. The topological polar surface area (TPSA) is 146 Å². The maximum absolute atomic E-state index is 11.6. The van der Waals surface area contributed by atoms with Crippen LogP contribution in [0.5, 0.6) is 0 Å². The molecular weight excluding hydrogens is 675 g/mol. The molecule has 0 unspecified atom stereocenters. The van der Waals surface area contributed by atoms with E-state index in [1.54, 1.807) is 6.92 Å². The van der Waals surface area contributed by atoms with E-state index in [1.165, 1.54) is 24.0 Å². The number of esters is 2. The third-order valence-electron chi connectivity index (χ3n) is 7.42. The molecule has 0 bridgehead atoms. The molecule has 2 aromatic carbocycles. The molecule has 0 N–H and O–H groups in total. The molecule has 0 saturated heterocycles. The Morgan fingerprint density at radius 1 is 0.863 bits per heavy atom. The lowest BCUT2D eigenvalue weighted by atomic mass is 10.1. The quantitative estimate of drug-likeness (QED) is 0.0405. The highest BCUT2D eigenvalue weighted by molar-refractivity contribution is 7.17. The van der Waals surface area contributed by atoms with Crippen LogP contribution in [0.3, 0.4) is 0 Å². The monoisotopic (exact) mass is 719 g/mol. The van der Waals surface area contributed by atoms with Gasteiger partial charge >= 0.3 is 11.9 Å². The number of carbonyl (C=O) groups excluding carboxylic acids is 2. The van der Waals surface area contributed by atoms with Crippen LogP contribution in [0.2, 0.25) is 0 Å². The van der Waals surface area contributed by atoms with Crippen LogP contribution in [0.4, 0.5) is 22.1 Å². The summed E-state index contributed by atoms with van der Waals surface area (Å²) in [4.78, 5) is 28.9. The van der Waals surface area contributed by atoms with Gasteiger partial charge in [0.05, 0.1) is 77.1 Å². The van der Waals surface area contributed by atoms with Crippen molar-refractivity contribution >= 4 is 45.3 Å². The Bertz CT molecular complexity index is 1630. The van der Waals surface area contributed by atoms with E-state index in [2.05, 4.69) is 49.0 Å². The van der Waals surface area contributed by atoms with Crippen LogP contribution in [-0.4, -0.2) is 85.1 Å². The minimum atomic E-state index is -0.370. The molecule has 0 fully saturated rings. The average Bonchev–Trinajstić information content (AvgIpc) is 3.46. The van der Waals surface area contributed by atoms with Gasteiger partial charge in [0.15, 0.2) is 0 Å². The Morgan fingerprint density at radius 3 is 2.10 bits per heavy atom. The zero-order chi connectivity index (χ0) is 36.7. The number of thiophene rings is 1. The second kappa shape index (κ2) is 23.7. The van der Waals surface area contributed by atoms with Gasteiger partial charge in [-0.25, -0.2) is 4.85 Å². The highest BCUT2D eigenvalue weighted by Gasteiger charge is 2.15. The van der Waals surface area contributed by atoms with Crippen LogP contribution < -0.4 is 4.90 Å². The largest absolute Gasteiger partial charge is 0.469 e. The van der Waals surface area contributed by atoms with Crippen molar-refractivity contribution in [3.05, 3.63) is 81.5 Å². The Kier molecular flexibility index (Phi) is 18.9. The fourth-order valence-electron chi connectivity index (χ4n) is 4.65. The molecule has 51 heavy (non-hydrogen) atoms. The molecule has 272 valence electrons. The second-order valence-electron chi connectivity index (χ2n) is 11.1. The lowest BCUT2D eigenvalue weighted by molar-refractivity contribution is -0.146. The Hall–Kier alpha value is -4.70. The molecule has 14 heteroatoms. The lowest BCUT2D eigenvalue weighted by Gasteiger charge is -2.25. The number of rotatable bonds is 24. The van der Waals surface area contributed by atoms with Crippen molar-refractivity contribution in [1.82, 2.24) is 0 Å². The predicted molar refractivity (Wildman–Crippen MR) is 193 cm³/mol. The molecular formula is C37H45N5O8S. The number of benzene rings is 2. The first kappa shape index (κ1) is 40.7. The summed E-state index contributed by atoms with van der Waals surface area (Å²) in [6.45, 7) is 16.0. The molecule has 0 aliphatic rings. The van der Waals surface area contributed by atoms with Gasteiger partial charge in [0.25, 0.3) is 0 Å². The number of hydrogen-bond acceptors (Lipinski definition) is 13. The molecule has 13 nitrogen and oxygen atoms in total. The van der Waals surface area contributed by atoms with Gasteiger partial charge in [0.1, 0.15) is 17.7 Å². The fourth-order valence-corrected chi connectivity index (χ4v) is 5.51. The summed E-state index contributed by atoms with van der Waals surface area (Å²) in [5.41, 5.74) is 4.82. The summed E-state index contributed by atoms with van der Waals surface area (Å²) in [6, 6.07) is 18.3. The maximum Gasteiger partial charge on any atom is 0.305 e. The van der Waals surface area contributed by atoms with E-state index in [9.17, 15) is 14.9 Å². The van der Waals surface area contributed by atoms with Crippen LogP contribution in [-0.2, 0) is 44.6 Å². The van der Waals surface area contributed by atoms with E-state index in [0.29, 0.717) is 92.6 Å². The van der Waals surface area contributed by atoms with E-state index < -0.39 is 0 Å². The lowest BCUT2D eigenvalue weighted by Crippen LogP contribution is -2.27. The van der Waals surface area contributed by atoms with Crippen molar-refractivity contribution in [2.75, 3.05) is 78.0 Å². The molecule has 0 aliphatic heterocycles. The molecule has 0 radical (unpaired) electrons. The van der Waals surface area contributed by atoms with E-state index in [-0.39, 0.29) is 38.0 Å². The summed E-state index contributed by atoms with van der Waals surface area (Å²) in [7, 11) is 1.31. The first-order valence-corrected chi connectivity index (χ1v) is 17.4. The Labute approximate surface area is 303 Å². The number of anilines is 1. The van der Waals surface area contributed by atoms with Gasteiger partial charge in [0.2, 0.25) is 5.69 Å². The van der Waals surface area contributed by atoms with Crippen LogP contribution in [0.25, 0.3) is 4.85 Å². The summed E-state index contributed by atoms with van der Waals surface area (Å²) < 4.78 is 32.0. The van der Waals surface area contributed by atoms with E-state index in [1.807, 2.05) is 37.3 Å². The number of nitriles is 1. The van der Waals surface area contributed by atoms with E-state index in [4.69, 9.17) is 30.3 Å². The van der Waals surface area contributed by atoms with Crippen molar-refractivity contribution in [2.24, 2.45) is 10.2 Å². The van der Waals surface area contributed by atoms with Crippen molar-refractivity contribution in [3.8, 4) is 6.07 Å². The fraction of sp³-hybridized carbons (Fsp3) is 0.459. The Morgan fingerprint density at radius 2 is 1.49 bits per heavy atom. The van der Waals surface area contributed by atoms with Gasteiger partial charge in [-0.3, -0.25) is 9.59 Å². The third-order valence-corrected chi connectivity index (χ3v) is 8.49. The third kappa shape index (κ3) is 15.0. The second-order valence-corrected chi connectivity index (χ2v) is 12.1. The van der Waals surface area contributed by atoms with Crippen LogP contribution >= 0.6 is 11.3 Å². The highest BCUT2D eigenvalue weighted by Crippen LogP contribution is 2.42. The Balaban J connectivity index is 1.33. The average molecular weight is 720 g/mol. The smallest absolute Gasteiger partial charge is 0.305 e. The number of aryl methyl sites for hydroxylation is 1. The number of ether oxygens (including phenoxy) is 6. The van der Waals surface area contributed by atoms with E-state index >= 15 is 0 Å². The maximum atomic E-state index is 11.6. The van der Waals surface area contributed by atoms with Gasteiger partial charge in [-0.15, -0.1) is 11.3 Å². The number of hydrogen-bond donors (Lipinski definition) is 0. The van der Waals surface area contributed by atoms with Crippen molar-refractivity contribution in [1.29, 1.82) is 5.26 Å². The van der Waals surface area contributed by atoms with Gasteiger partial charge < -0.3 is 33.3 Å². The van der Waals surface area contributed by atoms with Gasteiger partial charge in [0, 0.05) is 31.6 Å². The summed E-state index contributed by atoms with van der Waals surface area (Å²) >= 11 is 1.17. The van der Waals surface area contributed by atoms with Crippen molar-refractivity contribution in [2.45, 2.75) is 39.7 Å². The summed E-state index contributed by atoms with van der Waals surface area (Å²) in [5.74, 6) is -0.716. The normalized spacial score (nSPS) is 10.9. The van der Waals surface area contributed by atoms with Gasteiger partial charge in [-0.05, 0) is 55.2 Å². The number of azo groups is 1. The van der Waals surface area contributed by atoms with Crippen molar-refractivity contribution < 1.29 is 38.0 Å². The zero-order valence-corrected chi connectivity index (χ0v) is 30.2. The van der Waals surface area contributed by atoms with Gasteiger partial charge in [-0.2, -0.15) is 15.5 Å². The van der Waals surface area contributed by atoms with Crippen LogP contribution in [0.1, 0.15) is 40.8 Å². The van der Waals surface area contributed by atoms with Crippen LogP contribution in [0.15, 0.2) is 58.8 Å². The molecule has 0 spiro atoms. The number of nitrogens with zero attached hydrogens (tertiary/aromatic N) is 5. The zero-order valence-electron chi connectivity index (χ0n) is 29.4. The highest BCUT2D eigenvalue weighted by atomic mass is 32.1. The molecule has 3 aromatic rings. The van der Waals surface area contributed by atoms with Crippen LogP contribution in [0, 0.1) is 31.8 Å². The minimum absolute atomic E-state index is 0.150. The molecule has 1 heterocycles.